The minimum Gasteiger partial charge on any atom is -0.478 e. The summed E-state index contributed by atoms with van der Waals surface area (Å²) in [6.45, 7) is 0. The van der Waals surface area contributed by atoms with Crippen LogP contribution in [0.5, 0.6) is 0 Å². The average molecular weight is 413 g/mol. The molecule has 4 rings (SSSR count). The molecule has 2 N–H and O–H groups in total. The van der Waals surface area contributed by atoms with E-state index in [0.717, 1.165) is 0 Å². The van der Waals surface area contributed by atoms with E-state index < -0.39 is 11.9 Å². The first-order valence-electron chi connectivity index (χ1n) is 9.34. The van der Waals surface area contributed by atoms with Gasteiger partial charge in [-0.2, -0.15) is 5.10 Å². The van der Waals surface area contributed by atoms with Gasteiger partial charge in [0.1, 0.15) is 5.82 Å². The van der Waals surface area contributed by atoms with Crippen LogP contribution in [-0.4, -0.2) is 28.2 Å². The predicted molar refractivity (Wildman–Crippen MR) is 116 cm³/mol. The SMILES string of the molecule is O=C(O)c1ccc(/C=N\NC(=O)c2cc(-c3ccc(F)cc3)nc3ccccc23)cc1. The number of fused-ring (bicyclic) bond motifs is 1. The lowest BCUT2D eigenvalue weighted by Crippen LogP contribution is -2.18. The number of hydrogen-bond donors (Lipinski definition) is 2. The number of pyridine rings is 1. The van der Waals surface area contributed by atoms with E-state index in [1.54, 1.807) is 42.5 Å². The summed E-state index contributed by atoms with van der Waals surface area (Å²) >= 11 is 0. The highest BCUT2D eigenvalue weighted by atomic mass is 19.1. The van der Waals surface area contributed by atoms with Gasteiger partial charge in [0.2, 0.25) is 0 Å². The predicted octanol–water partition coefficient (Wildman–Crippen LogP) is 4.50. The number of carboxylic acid groups (broad SMARTS) is 1. The van der Waals surface area contributed by atoms with Gasteiger partial charge in [-0.15, -0.1) is 0 Å². The highest BCUT2D eigenvalue weighted by Gasteiger charge is 2.13. The number of rotatable bonds is 5. The van der Waals surface area contributed by atoms with Gasteiger partial charge in [0.05, 0.1) is 28.6 Å². The molecular weight excluding hydrogens is 397 g/mol. The van der Waals surface area contributed by atoms with Gasteiger partial charge in [0.15, 0.2) is 0 Å². The van der Waals surface area contributed by atoms with E-state index in [0.29, 0.717) is 33.3 Å². The first-order valence-corrected chi connectivity index (χ1v) is 9.34. The fourth-order valence-electron chi connectivity index (χ4n) is 3.07. The Balaban J connectivity index is 1.62. The Bertz CT molecular complexity index is 1300. The zero-order chi connectivity index (χ0) is 21.8. The van der Waals surface area contributed by atoms with Crippen molar-refractivity contribution in [1.29, 1.82) is 0 Å². The van der Waals surface area contributed by atoms with Gasteiger partial charge in [-0.05, 0) is 54.1 Å². The maximum atomic E-state index is 13.3. The number of aromatic carboxylic acids is 1. The molecule has 1 aromatic heterocycles. The Morgan fingerprint density at radius 1 is 0.968 bits per heavy atom. The third kappa shape index (κ3) is 4.45. The average Bonchev–Trinajstić information content (AvgIpc) is 2.79. The van der Waals surface area contributed by atoms with Gasteiger partial charge in [0, 0.05) is 10.9 Å². The second kappa shape index (κ2) is 8.54. The van der Waals surface area contributed by atoms with Gasteiger partial charge in [0.25, 0.3) is 5.91 Å². The van der Waals surface area contributed by atoms with E-state index in [9.17, 15) is 14.0 Å². The van der Waals surface area contributed by atoms with Crippen molar-refractivity contribution >= 4 is 29.0 Å². The number of aromatic nitrogens is 1. The summed E-state index contributed by atoms with van der Waals surface area (Å²) in [5.41, 5.74) is 5.52. The summed E-state index contributed by atoms with van der Waals surface area (Å²) in [5.74, 6) is -1.80. The van der Waals surface area contributed by atoms with Crippen LogP contribution in [0.25, 0.3) is 22.2 Å². The number of halogens is 1. The summed E-state index contributed by atoms with van der Waals surface area (Å²) in [6.07, 6.45) is 1.42. The molecular formula is C24H16FN3O3. The number of hydrogen-bond acceptors (Lipinski definition) is 4. The highest BCUT2D eigenvalue weighted by Crippen LogP contribution is 2.25. The van der Waals surface area contributed by atoms with Crippen molar-refractivity contribution in [3.63, 3.8) is 0 Å². The number of amides is 1. The van der Waals surface area contributed by atoms with Crippen LogP contribution in [0.1, 0.15) is 26.3 Å². The standard InChI is InChI=1S/C24H16FN3O3/c25-18-11-9-16(10-12-18)22-13-20(19-3-1-2-4-21(19)27-22)23(29)28-26-14-15-5-7-17(8-6-15)24(30)31/h1-14H,(H,28,29)(H,30,31)/b26-14-. The lowest BCUT2D eigenvalue weighted by atomic mass is 10.0. The van der Waals surface area contributed by atoms with Crippen LogP contribution in [0.4, 0.5) is 4.39 Å². The Hall–Kier alpha value is -4.39. The molecule has 0 spiro atoms. The van der Waals surface area contributed by atoms with Gasteiger partial charge in [-0.25, -0.2) is 19.6 Å². The first kappa shape index (κ1) is 19.9. The van der Waals surface area contributed by atoms with E-state index in [1.165, 1.54) is 30.5 Å². The Morgan fingerprint density at radius 3 is 2.39 bits per heavy atom. The zero-order valence-corrected chi connectivity index (χ0v) is 16.1. The van der Waals surface area contributed by atoms with Crippen molar-refractivity contribution in [2.45, 2.75) is 0 Å². The van der Waals surface area contributed by atoms with Crippen LogP contribution < -0.4 is 5.43 Å². The van der Waals surface area contributed by atoms with E-state index in [2.05, 4.69) is 15.5 Å². The lowest BCUT2D eigenvalue weighted by Gasteiger charge is -2.09. The number of carbonyl (C=O) groups is 2. The number of carbonyl (C=O) groups excluding carboxylic acids is 1. The molecule has 31 heavy (non-hydrogen) atoms. The second-order valence-electron chi connectivity index (χ2n) is 6.71. The third-order valence-electron chi connectivity index (χ3n) is 4.64. The van der Waals surface area contributed by atoms with Crippen LogP contribution in [0.2, 0.25) is 0 Å². The van der Waals surface area contributed by atoms with Crippen molar-refractivity contribution < 1.29 is 19.1 Å². The molecule has 0 saturated heterocycles. The fraction of sp³-hybridized carbons (Fsp3) is 0. The molecule has 7 heteroatoms. The minimum atomic E-state index is -1.02. The van der Waals surface area contributed by atoms with Gasteiger partial charge >= 0.3 is 5.97 Å². The summed E-state index contributed by atoms with van der Waals surface area (Å²) < 4.78 is 13.3. The lowest BCUT2D eigenvalue weighted by molar-refractivity contribution is 0.0696. The molecule has 4 aromatic rings. The van der Waals surface area contributed by atoms with Crippen molar-refractivity contribution in [2.24, 2.45) is 5.10 Å². The molecule has 6 nitrogen and oxygen atoms in total. The van der Waals surface area contributed by atoms with Crippen LogP contribution in [0.3, 0.4) is 0 Å². The van der Waals surface area contributed by atoms with Gasteiger partial charge in [-0.3, -0.25) is 4.79 Å². The van der Waals surface area contributed by atoms with Crippen LogP contribution in [0, 0.1) is 5.82 Å². The number of para-hydroxylation sites is 1. The maximum Gasteiger partial charge on any atom is 0.335 e. The largest absolute Gasteiger partial charge is 0.478 e. The number of hydrazone groups is 1. The molecule has 0 unspecified atom stereocenters. The molecule has 0 fully saturated rings. The third-order valence-corrected chi connectivity index (χ3v) is 4.64. The molecule has 0 aliphatic carbocycles. The van der Waals surface area contributed by atoms with Crippen LogP contribution in [0.15, 0.2) is 84.0 Å². The number of nitrogens with one attached hydrogen (secondary N) is 1. The minimum absolute atomic E-state index is 0.165. The molecule has 0 atom stereocenters. The van der Waals surface area contributed by atoms with E-state index >= 15 is 0 Å². The summed E-state index contributed by atoms with van der Waals surface area (Å²) in [5, 5.41) is 13.6. The Kier molecular flexibility index (Phi) is 5.49. The molecule has 0 saturated carbocycles. The number of benzene rings is 3. The highest BCUT2D eigenvalue weighted by molar-refractivity contribution is 6.07. The Labute approximate surface area is 176 Å². The molecule has 0 bridgehead atoms. The fourth-order valence-corrected chi connectivity index (χ4v) is 3.07. The number of carboxylic acids is 1. The van der Waals surface area contributed by atoms with Crippen molar-refractivity contribution in [2.75, 3.05) is 0 Å². The van der Waals surface area contributed by atoms with E-state index in [4.69, 9.17) is 5.11 Å². The van der Waals surface area contributed by atoms with Crippen molar-refractivity contribution in [1.82, 2.24) is 10.4 Å². The molecule has 1 amide bonds. The Morgan fingerprint density at radius 2 is 1.68 bits per heavy atom. The monoisotopic (exact) mass is 413 g/mol. The first-order chi connectivity index (χ1) is 15.0. The quantitative estimate of drug-likeness (QED) is 0.372. The maximum absolute atomic E-state index is 13.3. The topological polar surface area (TPSA) is 91.6 Å². The van der Waals surface area contributed by atoms with Gasteiger partial charge in [-0.1, -0.05) is 30.3 Å². The molecule has 0 aliphatic heterocycles. The zero-order valence-electron chi connectivity index (χ0n) is 16.1. The van der Waals surface area contributed by atoms with E-state index in [-0.39, 0.29) is 11.4 Å². The smallest absolute Gasteiger partial charge is 0.335 e. The molecule has 0 radical (unpaired) electrons. The van der Waals surface area contributed by atoms with Crippen LogP contribution >= 0.6 is 0 Å². The summed E-state index contributed by atoms with van der Waals surface area (Å²) in [6, 6.07) is 20.8. The van der Waals surface area contributed by atoms with Crippen molar-refractivity contribution in [3.8, 4) is 11.3 Å². The molecule has 1 heterocycles. The summed E-state index contributed by atoms with van der Waals surface area (Å²) in [4.78, 5) is 28.3. The second-order valence-corrected chi connectivity index (χ2v) is 6.71. The molecule has 152 valence electrons. The number of nitrogens with zero attached hydrogens (tertiary/aromatic N) is 2. The van der Waals surface area contributed by atoms with Crippen LogP contribution in [-0.2, 0) is 0 Å². The van der Waals surface area contributed by atoms with E-state index in [1.807, 2.05) is 12.1 Å². The molecule has 0 aliphatic rings. The molecule has 3 aromatic carbocycles. The summed E-state index contributed by atoms with van der Waals surface area (Å²) in [7, 11) is 0. The normalized spacial score (nSPS) is 11.0. The van der Waals surface area contributed by atoms with Crippen molar-refractivity contribution in [3.05, 3.63) is 101 Å². The van der Waals surface area contributed by atoms with Gasteiger partial charge < -0.3 is 5.11 Å².